The van der Waals surface area contributed by atoms with Crippen LogP contribution in [-0.4, -0.2) is 29.6 Å². The van der Waals surface area contributed by atoms with Crippen LogP contribution in [0.4, 0.5) is 0 Å². The molecule has 1 heterocycles. The maximum atomic E-state index is 10.6. The van der Waals surface area contributed by atoms with Gasteiger partial charge in [-0.05, 0) is 61.4 Å². The Balaban J connectivity index is 1.70. The Bertz CT molecular complexity index is 803. The summed E-state index contributed by atoms with van der Waals surface area (Å²) in [5.41, 5.74) is 2.65. The van der Waals surface area contributed by atoms with Crippen LogP contribution in [0.1, 0.15) is 49.3 Å². The number of hydrogen-bond donors (Lipinski definition) is 1. The maximum Gasteiger partial charge on any atom is 0.303 e. The minimum absolute atomic E-state index is 0.241. The Kier molecular flexibility index (Phi) is 7.88. The number of likely N-dealkylation sites (tertiary alicyclic amines) is 1. The number of methoxy groups -OCH3 is 1. The van der Waals surface area contributed by atoms with Crippen LogP contribution in [0, 0.1) is 5.92 Å². The van der Waals surface area contributed by atoms with Gasteiger partial charge in [-0.15, -0.1) is 0 Å². The predicted octanol–water partition coefficient (Wildman–Crippen LogP) is 5.46. The van der Waals surface area contributed by atoms with Gasteiger partial charge >= 0.3 is 5.97 Å². The summed E-state index contributed by atoms with van der Waals surface area (Å²) in [5, 5.41) is 8.76. The number of unbranched alkanes of at least 4 members (excludes halogenated alkanes) is 1. The van der Waals surface area contributed by atoms with E-state index >= 15 is 0 Å². The predicted molar refractivity (Wildman–Crippen MR) is 116 cm³/mol. The Morgan fingerprint density at radius 3 is 2.76 bits per heavy atom. The van der Waals surface area contributed by atoms with E-state index in [1.807, 2.05) is 6.07 Å². The van der Waals surface area contributed by atoms with Crippen LogP contribution in [0.3, 0.4) is 0 Å². The number of nitrogens with zero attached hydrogens (tertiary/aromatic N) is 1. The van der Waals surface area contributed by atoms with Gasteiger partial charge in [-0.3, -0.25) is 9.69 Å². The van der Waals surface area contributed by atoms with Crippen LogP contribution in [0.25, 0.3) is 0 Å². The molecule has 2 atom stereocenters. The molecule has 2 aromatic carbocycles. The molecule has 0 spiro atoms. The highest BCUT2D eigenvalue weighted by molar-refractivity contribution is 5.66. The fourth-order valence-electron chi connectivity index (χ4n) is 4.24. The zero-order valence-corrected chi connectivity index (χ0v) is 17.2. The van der Waals surface area contributed by atoms with Crippen LogP contribution >= 0.6 is 0 Å². The number of allylic oxidation sites excluding steroid dienone is 2. The third kappa shape index (κ3) is 6.20. The molecular weight excluding hydrogens is 362 g/mol. The van der Waals surface area contributed by atoms with Crippen molar-refractivity contribution in [3.63, 3.8) is 0 Å². The van der Waals surface area contributed by atoms with E-state index in [4.69, 9.17) is 9.84 Å². The summed E-state index contributed by atoms with van der Waals surface area (Å²) < 4.78 is 5.47. The average molecular weight is 394 g/mol. The molecule has 1 aliphatic heterocycles. The van der Waals surface area contributed by atoms with E-state index < -0.39 is 5.97 Å². The van der Waals surface area contributed by atoms with Crippen LogP contribution in [0.2, 0.25) is 0 Å². The number of carboxylic acid groups (broad SMARTS) is 1. The normalized spacial score (nSPS) is 19.6. The summed E-state index contributed by atoms with van der Waals surface area (Å²) in [7, 11) is 1.72. The zero-order valence-electron chi connectivity index (χ0n) is 17.2. The molecule has 3 rings (SSSR count). The highest BCUT2D eigenvalue weighted by atomic mass is 16.5. The van der Waals surface area contributed by atoms with Crippen LogP contribution in [0.5, 0.6) is 5.75 Å². The lowest BCUT2D eigenvalue weighted by molar-refractivity contribution is -0.137. The van der Waals surface area contributed by atoms with Crippen molar-refractivity contribution in [1.82, 2.24) is 4.90 Å². The number of ether oxygens (including phenoxy) is 1. The molecule has 0 saturated carbocycles. The second-order valence-electron chi connectivity index (χ2n) is 7.72. The van der Waals surface area contributed by atoms with E-state index in [1.54, 1.807) is 7.11 Å². The van der Waals surface area contributed by atoms with E-state index in [0.717, 1.165) is 38.1 Å². The minimum Gasteiger partial charge on any atom is -0.497 e. The number of benzene rings is 2. The molecule has 2 aromatic rings. The molecule has 1 saturated heterocycles. The van der Waals surface area contributed by atoms with Gasteiger partial charge in [-0.1, -0.05) is 54.6 Å². The quantitative estimate of drug-likeness (QED) is 0.430. The maximum absolute atomic E-state index is 10.6. The van der Waals surface area contributed by atoms with Crippen molar-refractivity contribution in [3.8, 4) is 5.75 Å². The topological polar surface area (TPSA) is 49.8 Å². The SMILES string of the molecule is COc1cccc([C@@H]2[C@@H](C/C=C\CCCC(=O)O)CCN2Cc2ccccc2)c1. The number of carbonyl (C=O) groups is 1. The van der Waals surface area contributed by atoms with E-state index in [-0.39, 0.29) is 6.42 Å². The van der Waals surface area contributed by atoms with Gasteiger partial charge in [0.2, 0.25) is 0 Å². The molecule has 1 fully saturated rings. The Morgan fingerprint density at radius 1 is 1.17 bits per heavy atom. The molecule has 29 heavy (non-hydrogen) atoms. The summed E-state index contributed by atoms with van der Waals surface area (Å²) >= 11 is 0. The standard InChI is InChI=1S/C25H31NO3/c1-29-23-14-9-13-22(18-23)25-21(12-7-2-3-8-15-24(27)28)16-17-26(25)19-20-10-5-4-6-11-20/h2,4-7,9-11,13-14,18,21,25H,3,8,12,15-17,19H2,1H3,(H,27,28)/b7-2-/t21-,25-/m0/s1. The monoisotopic (exact) mass is 393 g/mol. The molecule has 0 aromatic heterocycles. The van der Waals surface area contributed by atoms with Gasteiger partial charge in [-0.2, -0.15) is 0 Å². The van der Waals surface area contributed by atoms with E-state index in [9.17, 15) is 4.79 Å². The lowest BCUT2D eigenvalue weighted by Crippen LogP contribution is -2.25. The van der Waals surface area contributed by atoms with Gasteiger partial charge in [-0.25, -0.2) is 0 Å². The number of carboxylic acids is 1. The van der Waals surface area contributed by atoms with Crippen molar-refractivity contribution in [2.75, 3.05) is 13.7 Å². The Morgan fingerprint density at radius 2 is 2.00 bits per heavy atom. The molecule has 1 N–H and O–H groups in total. The Labute approximate surface area is 173 Å². The summed E-state index contributed by atoms with van der Waals surface area (Å²) in [6.07, 6.45) is 8.34. The van der Waals surface area contributed by atoms with Crippen LogP contribution < -0.4 is 4.74 Å². The molecule has 0 unspecified atom stereocenters. The van der Waals surface area contributed by atoms with E-state index in [1.165, 1.54) is 11.1 Å². The van der Waals surface area contributed by atoms with Gasteiger partial charge in [0.05, 0.1) is 7.11 Å². The lowest BCUT2D eigenvalue weighted by atomic mass is 9.90. The molecule has 0 radical (unpaired) electrons. The van der Waals surface area contributed by atoms with Gasteiger partial charge in [0.1, 0.15) is 5.75 Å². The third-order valence-electron chi connectivity index (χ3n) is 5.66. The van der Waals surface area contributed by atoms with Crippen molar-refractivity contribution in [2.45, 2.75) is 44.7 Å². The first-order valence-corrected chi connectivity index (χ1v) is 10.5. The zero-order chi connectivity index (χ0) is 20.5. The first-order valence-electron chi connectivity index (χ1n) is 10.5. The van der Waals surface area contributed by atoms with Gasteiger partial charge in [0.25, 0.3) is 0 Å². The molecular formula is C25H31NO3. The van der Waals surface area contributed by atoms with Crippen molar-refractivity contribution in [2.24, 2.45) is 5.92 Å². The molecule has 0 amide bonds. The molecule has 4 nitrogen and oxygen atoms in total. The molecule has 0 aliphatic carbocycles. The summed E-state index contributed by atoms with van der Waals surface area (Å²) in [6.45, 7) is 2.02. The summed E-state index contributed by atoms with van der Waals surface area (Å²) in [5.74, 6) is 0.724. The summed E-state index contributed by atoms with van der Waals surface area (Å²) in [4.78, 5) is 13.2. The fourth-order valence-corrected chi connectivity index (χ4v) is 4.24. The molecule has 0 bridgehead atoms. The van der Waals surface area contributed by atoms with Gasteiger partial charge in [0, 0.05) is 19.0 Å². The number of hydrogen-bond acceptors (Lipinski definition) is 3. The van der Waals surface area contributed by atoms with E-state index in [0.29, 0.717) is 18.4 Å². The molecule has 4 heteroatoms. The van der Waals surface area contributed by atoms with Gasteiger partial charge in [0.15, 0.2) is 0 Å². The third-order valence-corrected chi connectivity index (χ3v) is 5.66. The molecule has 154 valence electrons. The number of aliphatic carboxylic acids is 1. The highest BCUT2D eigenvalue weighted by Gasteiger charge is 2.34. The first kappa shape index (κ1) is 21.1. The second kappa shape index (κ2) is 10.8. The average Bonchev–Trinajstić information content (AvgIpc) is 3.13. The number of rotatable bonds is 10. The Hall–Kier alpha value is -2.59. The van der Waals surface area contributed by atoms with Crippen molar-refractivity contribution >= 4 is 5.97 Å². The molecule has 1 aliphatic rings. The van der Waals surface area contributed by atoms with Crippen molar-refractivity contribution in [1.29, 1.82) is 0 Å². The second-order valence-corrected chi connectivity index (χ2v) is 7.72. The summed E-state index contributed by atoms with van der Waals surface area (Å²) in [6, 6.07) is 19.4. The van der Waals surface area contributed by atoms with Crippen molar-refractivity contribution in [3.05, 3.63) is 77.9 Å². The smallest absolute Gasteiger partial charge is 0.303 e. The first-order chi connectivity index (χ1) is 14.2. The van der Waals surface area contributed by atoms with E-state index in [2.05, 4.69) is 65.6 Å². The van der Waals surface area contributed by atoms with Gasteiger partial charge < -0.3 is 9.84 Å². The minimum atomic E-state index is -0.719. The fraction of sp³-hybridized carbons (Fsp3) is 0.400. The largest absolute Gasteiger partial charge is 0.497 e. The van der Waals surface area contributed by atoms with Crippen LogP contribution in [-0.2, 0) is 11.3 Å². The van der Waals surface area contributed by atoms with Crippen LogP contribution in [0.15, 0.2) is 66.7 Å². The highest BCUT2D eigenvalue weighted by Crippen LogP contribution is 2.41. The van der Waals surface area contributed by atoms with Crippen molar-refractivity contribution < 1.29 is 14.6 Å². The lowest BCUT2D eigenvalue weighted by Gasteiger charge is -2.29.